The first kappa shape index (κ1) is 13.7. The van der Waals surface area contributed by atoms with Crippen LogP contribution >= 0.6 is 0 Å². The predicted molar refractivity (Wildman–Crippen MR) is 62.3 cm³/mol. The summed E-state index contributed by atoms with van der Waals surface area (Å²) in [4.78, 5) is 23.3. The van der Waals surface area contributed by atoms with Crippen LogP contribution in [0.4, 0.5) is 0 Å². The molecule has 1 fully saturated rings. The Kier molecular flexibility index (Phi) is 5.69. The summed E-state index contributed by atoms with van der Waals surface area (Å²) in [5.74, 6) is -0.702. The normalized spacial score (nSPS) is 20.6. The largest absolute Gasteiger partial charge is 0.467 e. The Balaban J connectivity index is 2.48. The first-order valence-electron chi connectivity index (χ1n) is 5.76. The summed E-state index contributed by atoms with van der Waals surface area (Å²) < 4.78 is 9.79. The third kappa shape index (κ3) is 4.19. The number of hydrogen-bond acceptors (Lipinski definition) is 4. The molecular formula is C12H19NO4. The smallest absolute Gasteiger partial charge is 0.328 e. The van der Waals surface area contributed by atoms with Crippen LogP contribution in [0.3, 0.4) is 0 Å². The van der Waals surface area contributed by atoms with E-state index in [9.17, 15) is 9.59 Å². The second-order valence-corrected chi connectivity index (χ2v) is 4.01. The molecule has 0 bridgehead atoms. The van der Waals surface area contributed by atoms with Crippen LogP contribution in [-0.2, 0) is 19.1 Å². The van der Waals surface area contributed by atoms with Gasteiger partial charge in [-0.1, -0.05) is 6.08 Å². The molecule has 0 aliphatic carbocycles. The Morgan fingerprint density at radius 1 is 1.65 bits per heavy atom. The van der Waals surface area contributed by atoms with E-state index in [1.54, 1.807) is 6.08 Å². The highest BCUT2D eigenvalue weighted by atomic mass is 16.5. The van der Waals surface area contributed by atoms with Crippen molar-refractivity contribution in [1.29, 1.82) is 0 Å². The van der Waals surface area contributed by atoms with Gasteiger partial charge >= 0.3 is 5.97 Å². The number of hydrogen-bond donors (Lipinski definition) is 1. The highest BCUT2D eigenvalue weighted by Gasteiger charge is 2.28. The molecule has 0 saturated carbocycles. The van der Waals surface area contributed by atoms with Gasteiger partial charge in [0.15, 0.2) is 0 Å². The van der Waals surface area contributed by atoms with Gasteiger partial charge in [-0.25, -0.2) is 4.79 Å². The molecule has 1 N–H and O–H groups in total. The number of nitrogens with one attached hydrogen (secondary N) is 1. The van der Waals surface area contributed by atoms with Crippen LogP contribution in [0.15, 0.2) is 12.7 Å². The van der Waals surface area contributed by atoms with Crippen molar-refractivity contribution in [2.24, 2.45) is 5.92 Å². The molecule has 5 heteroatoms. The zero-order valence-electron chi connectivity index (χ0n) is 10.1. The minimum Gasteiger partial charge on any atom is -0.467 e. The van der Waals surface area contributed by atoms with Gasteiger partial charge in [0.2, 0.25) is 5.91 Å². The summed E-state index contributed by atoms with van der Waals surface area (Å²) in [5.41, 5.74) is 0. The van der Waals surface area contributed by atoms with Crippen molar-refractivity contribution < 1.29 is 19.1 Å². The van der Waals surface area contributed by atoms with E-state index in [1.165, 1.54) is 7.11 Å². The van der Waals surface area contributed by atoms with Crippen molar-refractivity contribution in [1.82, 2.24) is 5.32 Å². The van der Waals surface area contributed by atoms with Crippen molar-refractivity contribution >= 4 is 11.9 Å². The van der Waals surface area contributed by atoms with Crippen LogP contribution in [-0.4, -0.2) is 38.2 Å². The maximum Gasteiger partial charge on any atom is 0.328 e. The van der Waals surface area contributed by atoms with E-state index in [0.29, 0.717) is 32.5 Å². The van der Waals surface area contributed by atoms with Gasteiger partial charge in [0, 0.05) is 6.61 Å². The molecule has 1 saturated heterocycles. The first-order valence-corrected chi connectivity index (χ1v) is 5.76. The summed E-state index contributed by atoms with van der Waals surface area (Å²) in [6.45, 7) is 4.63. The SMILES string of the molecule is C=CCC[C@H](NC(=O)[C@@H]1CCOC1)C(=O)OC. The number of carbonyl (C=O) groups is 2. The highest BCUT2D eigenvalue weighted by Crippen LogP contribution is 2.13. The van der Waals surface area contributed by atoms with Crippen LogP contribution in [0.5, 0.6) is 0 Å². The average Bonchev–Trinajstić information content (AvgIpc) is 2.87. The molecule has 0 radical (unpaired) electrons. The van der Waals surface area contributed by atoms with E-state index in [1.807, 2.05) is 0 Å². The molecule has 0 aromatic heterocycles. The van der Waals surface area contributed by atoms with Gasteiger partial charge in [-0.3, -0.25) is 4.79 Å². The average molecular weight is 241 g/mol. The van der Waals surface area contributed by atoms with E-state index in [4.69, 9.17) is 4.74 Å². The quantitative estimate of drug-likeness (QED) is 0.547. The Hall–Kier alpha value is -1.36. The van der Waals surface area contributed by atoms with Crippen molar-refractivity contribution in [2.45, 2.75) is 25.3 Å². The summed E-state index contributed by atoms with van der Waals surface area (Å²) >= 11 is 0. The Morgan fingerprint density at radius 3 is 2.94 bits per heavy atom. The molecule has 0 aromatic rings. The van der Waals surface area contributed by atoms with Crippen LogP contribution in [0, 0.1) is 5.92 Å². The number of amides is 1. The van der Waals surface area contributed by atoms with E-state index >= 15 is 0 Å². The highest BCUT2D eigenvalue weighted by molar-refractivity contribution is 5.85. The lowest BCUT2D eigenvalue weighted by Gasteiger charge is -2.17. The second kappa shape index (κ2) is 7.06. The molecule has 1 aliphatic rings. The fourth-order valence-electron chi connectivity index (χ4n) is 1.71. The number of methoxy groups -OCH3 is 1. The molecular weight excluding hydrogens is 222 g/mol. The minimum atomic E-state index is -0.592. The fourth-order valence-corrected chi connectivity index (χ4v) is 1.71. The zero-order chi connectivity index (χ0) is 12.7. The summed E-state index contributed by atoms with van der Waals surface area (Å²) in [7, 11) is 1.31. The van der Waals surface area contributed by atoms with E-state index in [-0.39, 0.29) is 11.8 Å². The van der Waals surface area contributed by atoms with Crippen LogP contribution in [0.25, 0.3) is 0 Å². The molecule has 0 aromatic carbocycles. The molecule has 96 valence electrons. The third-order valence-electron chi connectivity index (χ3n) is 2.76. The monoisotopic (exact) mass is 241 g/mol. The number of rotatable bonds is 6. The topological polar surface area (TPSA) is 64.6 Å². The molecule has 5 nitrogen and oxygen atoms in total. The van der Waals surface area contributed by atoms with Crippen LogP contribution < -0.4 is 5.32 Å². The predicted octanol–water partition coefficient (Wildman–Crippen LogP) is 0.647. The molecule has 1 heterocycles. The lowest BCUT2D eigenvalue weighted by Crippen LogP contribution is -2.44. The molecule has 2 atom stereocenters. The lowest BCUT2D eigenvalue weighted by molar-refractivity contribution is -0.145. The van der Waals surface area contributed by atoms with Gasteiger partial charge in [-0.05, 0) is 19.3 Å². The van der Waals surface area contributed by atoms with Crippen molar-refractivity contribution in [2.75, 3.05) is 20.3 Å². The first-order chi connectivity index (χ1) is 8.19. The minimum absolute atomic E-state index is 0.137. The van der Waals surface area contributed by atoms with Gasteiger partial charge in [-0.2, -0.15) is 0 Å². The number of carbonyl (C=O) groups excluding carboxylic acids is 2. The molecule has 0 unspecified atom stereocenters. The standard InChI is InChI=1S/C12H19NO4/c1-3-4-5-10(12(15)16-2)13-11(14)9-6-7-17-8-9/h3,9-10H,1,4-8H2,2H3,(H,13,14)/t9-,10+/m1/s1. The number of ether oxygens (including phenoxy) is 2. The Labute approximate surface area is 101 Å². The van der Waals surface area contributed by atoms with E-state index in [0.717, 1.165) is 0 Å². The Morgan fingerprint density at radius 2 is 2.41 bits per heavy atom. The van der Waals surface area contributed by atoms with Crippen molar-refractivity contribution in [3.63, 3.8) is 0 Å². The van der Waals surface area contributed by atoms with Crippen LogP contribution in [0.1, 0.15) is 19.3 Å². The van der Waals surface area contributed by atoms with E-state index < -0.39 is 12.0 Å². The maximum atomic E-state index is 11.8. The molecule has 0 spiro atoms. The second-order valence-electron chi connectivity index (χ2n) is 4.01. The molecule has 1 rings (SSSR count). The number of allylic oxidation sites excluding steroid dienone is 1. The summed E-state index contributed by atoms with van der Waals surface area (Å²) in [6.07, 6.45) is 3.58. The van der Waals surface area contributed by atoms with Gasteiger partial charge in [0.05, 0.1) is 19.6 Å². The van der Waals surface area contributed by atoms with Gasteiger partial charge in [-0.15, -0.1) is 6.58 Å². The molecule has 17 heavy (non-hydrogen) atoms. The van der Waals surface area contributed by atoms with Gasteiger partial charge < -0.3 is 14.8 Å². The van der Waals surface area contributed by atoms with Crippen molar-refractivity contribution in [3.05, 3.63) is 12.7 Å². The fraction of sp³-hybridized carbons (Fsp3) is 0.667. The van der Waals surface area contributed by atoms with Crippen molar-refractivity contribution in [3.8, 4) is 0 Å². The summed E-state index contributed by atoms with van der Waals surface area (Å²) in [6, 6.07) is -0.592. The van der Waals surface area contributed by atoms with E-state index in [2.05, 4.69) is 16.6 Å². The zero-order valence-corrected chi connectivity index (χ0v) is 10.1. The van der Waals surface area contributed by atoms with Gasteiger partial charge in [0.25, 0.3) is 0 Å². The maximum absolute atomic E-state index is 11.8. The third-order valence-corrected chi connectivity index (χ3v) is 2.76. The summed E-state index contributed by atoms with van der Waals surface area (Å²) in [5, 5.41) is 2.70. The molecule has 1 aliphatic heterocycles. The Bertz CT molecular complexity index is 284. The van der Waals surface area contributed by atoms with Gasteiger partial charge in [0.1, 0.15) is 6.04 Å². The van der Waals surface area contributed by atoms with Crippen LogP contribution in [0.2, 0.25) is 0 Å². The molecule has 1 amide bonds. The number of esters is 1. The lowest BCUT2D eigenvalue weighted by atomic mass is 10.1.